The molecule has 0 unspecified atom stereocenters. The first-order chi connectivity index (χ1) is 13.5. The average Bonchev–Trinajstić information content (AvgIpc) is 3.31. The maximum absolute atomic E-state index is 13.5. The number of aryl methyl sites for hydroxylation is 3. The molecule has 0 spiro atoms. The number of fused-ring (bicyclic) bond motifs is 3. The second-order valence-corrected chi connectivity index (χ2v) is 8.29. The fourth-order valence-electron chi connectivity index (χ4n) is 5.00. The van der Waals surface area contributed by atoms with Gasteiger partial charge in [0.2, 0.25) is 5.91 Å². The zero-order chi connectivity index (χ0) is 19.6. The minimum absolute atomic E-state index is 0.0684. The molecule has 2 aromatic carbocycles. The summed E-state index contributed by atoms with van der Waals surface area (Å²) in [4.78, 5) is 28.4. The van der Waals surface area contributed by atoms with Crippen LogP contribution in [-0.2, 0) is 9.59 Å². The highest BCUT2D eigenvalue weighted by Gasteiger charge is 2.62. The molecule has 5 rings (SSSR count). The van der Waals surface area contributed by atoms with Gasteiger partial charge in [0.15, 0.2) is 0 Å². The first-order valence-corrected chi connectivity index (χ1v) is 10.0. The Bertz CT molecular complexity index is 968. The maximum atomic E-state index is 13.5. The molecule has 3 heterocycles. The van der Waals surface area contributed by atoms with Crippen LogP contribution in [0.4, 0.5) is 5.69 Å². The number of hydrazine groups is 1. The number of nitrogens with zero attached hydrogens (tertiary/aromatic N) is 3. The van der Waals surface area contributed by atoms with Crippen molar-refractivity contribution in [2.45, 2.75) is 39.3 Å². The van der Waals surface area contributed by atoms with Crippen LogP contribution in [0, 0.1) is 26.7 Å². The Kier molecular flexibility index (Phi) is 3.93. The number of imide groups is 1. The summed E-state index contributed by atoms with van der Waals surface area (Å²) in [7, 11) is 0. The highest BCUT2D eigenvalue weighted by Crippen LogP contribution is 2.48. The number of anilines is 1. The molecule has 0 aromatic heterocycles. The number of rotatable bonds is 2. The molecular weight excluding hydrogens is 350 g/mol. The lowest BCUT2D eigenvalue weighted by atomic mass is 9.89. The lowest BCUT2D eigenvalue weighted by Gasteiger charge is -2.30. The molecule has 5 heteroatoms. The topological polar surface area (TPSA) is 43.9 Å². The van der Waals surface area contributed by atoms with Gasteiger partial charge in [0.1, 0.15) is 6.04 Å². The summed E-state index contributed by atoms with van der Waals surface area (Å²) in [5.74, 6) is -0.505. The van der Waals surface area contributed by atoms with E-state index in [0.717, 1.165) is 36.2 Å². The Labute approximate surface area is 165 Å². The van der Waals surface area contributed by atoms with Gasteiger partial charge in [-0.25, -0.2) is 14.9 Å². The van der Waals surface area contributed by atoms with Gasteiger partial charge in [-0.15, -0.1) is 0 Å². The smallest absolute Gasteiger partial charge is 0.253 e. The third kappa shape index (κ3) is 2.39. The van der Waals surface area contributed by atoms with E-state index in [4.69, 9.17) is 0 Å². The van der Waals surface area contributed by atoms with Crippen molar-refractivity contribution >= 4 is 17.5 Å². The van der Waals surface area contributed by atoms with Crippen molar-refractivity contribution in [2.75, 3.05) is 18.0 Å². The molecular formula is C23H25N3O2. The number of hydrogen-bond donors (Lipinski definition) is 0. The Morgan fingerprint density at radius 1 is 0.786 bits per heavy atom. The van der Waals surface area contributed by atoms with E-state index < -0.39 is 0 Å². The summed E-state index contributed by atoms with van der Waals surface area (Å²) in [6.07, 6.45) is 1.02. The summed E-state index contributed by atoms with van der Waals surface area (Å²) < 4.78 is 0. The van der Waals surface area contributed by atoms with E-state index in [1.165, 1.54) is 10.5 Å². The van der Waals surface area contributed by atoms with Gasteiger partial charge in [-0.2, -0.15) is 0 Å². The minimum atomic E-state index is -0.386. The van der Waals surface area contributed by atoms with Crippen molar-refractivity contribution in [3.05, 3.63) is 64.7 Å². The van der Waals surface area contributed by atoms with Gasteiger partial charge in [0.05, 0.1) is 17.6 Å². The molecule has 3 aliphatic rings. The van der Waals surface area contributed by atoms with Crippen LogP contribution in [0.3, 0.4) is 0 Å². The molecule has 2 amide bonds. The Morgan fingerprint density at radius 3 is 2.14 bits per heavy atom. The predicted octanol–water partition coefficient (Wildman–Crippen LogP) is 3.15. The zero-order valence-electron chi connectivity index (χ0n) is 16.6. The van der Waals surface area contributed by atoms with Gasteiger partial charge in [-0.05, 0) is 56.0 Å². The van der Waals surface area contributed by atoms with Crippen LogP contribution in [0.15, 0.2) is 42.5 Å². The fourth-order valence-corrected chi connectivity index (χ4v) is 5.00. The van der Waals surface area contributed by atoms with Crippen LogP contribution in [0.1, 0.15) is 34.7 Å². The molecule has 2 aromatic rings. The van der Waals surface area contributed by atoms with E-state index in [0.29, 0.717) is 5.69 Å². The van der Waals surface area contributed by atoms with Crippen LogP contribution in [0.5, 0.6) is 0 Å². The van der Waals surface area contributed by atoms with Gasteiger partial charge in [-0.3, -0.25) is 9.59 Å². The van der Waals surface area contributed by atoms with E-state index in [2.05, 4.69) is 41.2 Å². The minimum Gasteiger partial charge on any atom is -0.274 e. The second kappa shape index (κ2) is 6.26. The fraction of sp³-hybridized carbons (Fsp3) is 0.391. The van der Waals surface area contributed by atoms with E-state index in [-0.39, 0.29) is 29.8 Å². The van der Waals surface area contributed by atoms with Crippen LogP contribution in [0.2, 0.25) is 0 Å². The van der Waals surface area contributed by atoms with Crippen LogP contribution in [0.25, 0.3) is 0 Å². The molecule has 3 saturated heterocycles. The first kappa shape index (κ1) is 17.6. The van der Waals surface area contributed by atoms with E-state index in [9.17, 15) is 9.59 Å². The first-order valence-electron chi connectivity index (χ1n) is 10.0. The van der Waals surface area contributed by atoms with Gasteiger partial charge in [0.25, 0.3) is 5.91 Å². The lowest BCUT2D eigenvalue weighted by molar-refractivity contribution is -0.126. The Balaban J connectivity index is 1.58. The number of hydrogen-bond acceptors (Lipinski definition) is 4. The summed E-state index contributed by atoms with van der Waals surface area (Å²) in [5.41, 5.74) is 5.26. The molecule has 0 saturated carbocycles. The summed E-state index contributed by atoms with van der Waals surface area (Å²) in [5, 5.41) is 4.41. The lowest BCUT2D eigenvalue weighted by Crippen LogP contribution is -2.44. The molecule has 3 atom stereocenters. The van der Waals surface area contributed by atoms with E-state index >= 15 is 0 Å². The third-order valence-corrected chi connectivity index (χ3v) is 6.57. The van der Waals surface area contributed by atoms with Crippen molar-refractivity contribution in [2.24, 2.45) is 5.92 Å². The van der Waals surface area contributed by atoms with Gasteiger partial charge in [-0.1, -0.05) is 35.9 Å². The molecule has 3 fully saturated rings. The normalized spacial score (nSPS) is 27.5. The summed E-state index contributed by atoms with van der Waals surface area (Å²) in [6, 6.07) is 13.8. The van der Waals surface area contributed by atoms with E-state index in [1.54, 1.807) is 0 Å². The van der Waals surface area contributed by atoms with Gasteiger partial charge < -0.3 is 0 Å². The van der Waals surface area contributed by atoms with Crippen molar-refractivity contribution in [3.8, 4) is 0 Å². The summed E-state index contributed by atoms with van der Waals surface area (Å²) in [6.45, 7) is 7.85. The molecule has 0 bridgehead atoms. The highest BCUT2D eigenvalue weighted by molar-refractivity contribution is 6.24. The largest absolute Gasteiger partial charge is 0.274 e. The van der Waals surface area contributed by atoms with Gasteiger partial charge >= 0.3 is 0 Å². The van der Waals surface area contributed by atoms with Crippen molar-refractivity contribution < 1.29 is 9.59 Å². The predicted molar refractivity (Wildman–Crippen MR) is 108 cm³/mol. The monoisotopic (exact) mass is 375 g/mol. The SMILES string of the molecule is Cc1ccc([C@H]2[C@H]3C(=O)N(c4ccc(C)c(C)c4)C(=O)[C@@H]3N3CCCN23)cc1. The Hall–Kier alpha value is -2.50. The second-order valence-electron chi connectivity index (χ2n) is 8.29. The molecule has 3 aliphatic heterocycles. The third-order valence-electron chi connectivity index (χ3n) is 6.57. The van der Waals surface area contributed by atoms with Crippen LogP contribution >= 0.6 is 0 Å². The van der Waals surface area contributed by atoms with Crippen molar-refractivity contribution in [1.29, 1.82) is 0 Å². The number of amides is 2. The number of benzene rings is 2. The van der Waals surface area contributed by atoms with Crippen LogP contribution in [-0.4, -0.2) is 41.0 Å². The maximum Gasteiger partial charge on any atom is 0.253 e. The highest BCUT2D eigenvalue weighted by atomic mass is 16.2. The molecule has 0 N–H and O–H groups in total. The molecule has 144 valence electrons. The standard InChI is InChI=1S/C23H25N3O2/c1-14-5-8-17(9-6-14)20-19-21(25-12-4-11-24(20)25)23(28)26(22(19)27)18-10-7-15(2)16(3)13-18/h5-10,13,19-21H,4,11-12H2,1-3H3/t19-,20+,21-/m1/s1. The van der Waals surface area contributed by atoms with E-state index in [1.807, 2.05) is 32.0 Å². The zero-order valence-corrected chi connectivity index (χ0v) is 16.6. The molecule has 28 heavy (non-hydrogen) atoms. The number of carbonyl (C=O) groups is 2. The Morgan fingerprint density at radius 2 is 1.46 bits per heavy atom. The quantitative estimate of drug-likeness (QED) is 0.757. The molecule has 0 radical (unpaired) electrons. The van der Waals surface area contributed by atoms with Gasteiger partial charge in [0, 0.05) is 13.1 Å². The molecule has 0 aliphatic carbocycles. The number of carbonyl (C=O) groups excluding carboxylic acids is 2. The van der Waals surface area contributed by atoms with Crippen molar-refractivity contribution in [3.63, 3.8) is 0 Å². The average molecular weight is 375 g/mol. The molecule has 5 nitrogen and oxygen atoms in total. The van der Waals surface area contributed by atoms with Crippen LogP contribution < -0.4 is 4.90 Å². The van der Waals surface area contributed by atoms with Crippen molar-refractivity contribution in [1.82, 2.24) is 10.0 Å². The summed E-state index contributed by atoms with van der Waals surface area (Å²) >= 11 is 0.